The summed E-state index contributed by atoms with van der Waals surface area (Å²) in [7, 11) is 0. The van der Waals surface area contributed by atoms with Gasteiger partial charge in [-0.1, -0.05) is 12.2 Å². The summed E-state index contributed by atoms with van der Waals surface area (Å²) in [6.45, 7) is 1.18. The number of hydrogen-bond acceptors (Lipinski definition) is 2. The van der Waals surface area contributed by atoms with Gasteiger partial charge >= 0.3 is 0 Å². The van der Waals surface area contributed by atoms with Gasteiger partial charge in [0, 0.05) is 6.04 Å². The van der Waals surface area contributed by atoms with Gasteiger partial charge in [0.2, 0.25) is 0 Å². The zero-order valence-electron chi connectivity index (χ0n) is 7.88. The molecule has 1 nitrogen and oxygen atoms in total. The third-order valence-corrected chi connectivity index (χ3v) is 2.88. The molecule has 1 aliphatic carbocycles. The highest BCUT2D eigenvalue weighted by molar-refractivity contribution is 7.98. The van der Waals surface area contributed by atoms with Crippen molar-refractivity contribution in [3.05, 3.63) is 12.2 Å². The second kappa shape index (κ2) is 6.55. The monoisotopic (exact) mass is 185 g/mol. The van der Waals surface area contributed by atoms with Gasteiger partial charge in [-0.15, -0.1) is 0 Å². The van der Waals surface area contributed by atoms with Crippen LogP contribution < -0.4 is 5.32 Å². The molecule has 1 N–H and O–H groups in total. The Bertz CT molecular complexity index is 134. The smallest absolute Gasteiger partial charge is 0.0250 e. The molecule has 1 aliphatic rings. The van der Waals surface area contributed by atoms with Gasteiger partial charge in [-0.05, 0) is 44.2 Å². The van der Waals surface area contributed by atoms with E-state index in [-0.39, 0.29) is 0 Å². The van der Waals surface area contributed by atoms with E-state index in [1.165, 1.54) is 38.0 Å². The molecule has 70 valence electrons. The average Bonchev–Trinajstić information content (AvgIpc) is 2.14. The predicted octanol–water partition coefficient (Wildman–Crippen LogP) is 2.44. The van der Waals surface area contributed by atoms with Crippen LogP contribution in [0, 0.1) is 0 Å². The molecule has 0 aliphatic heterocycles. The van der Waals surface area contributed by atoms with Crippen LogP contribution in [0.25, 0.3) is 0 Å². The van der Waals surface area contributed by atoms with Gasteiger partial charge in [-0.25, -0.2) is 0 Å². The van der Waals surface area contributed by atoms with Crippen molar-refractivity contribution < 1.29 is 0 Å². The van der Waals surface area contributed by atoms with Crippen LogP contribution in [0.15, 0.2) is 12.2 Å². The molecule has 0 radical (unpaired) electrons. The number of allylic oxidation sites excluding steroid dienone is 1. The van der Waals surface area contributed by atoms with E-state index in [0.717, 1.165) is 0 Å². The summed E-state index contributed by atoms with van der Waals surface area (Å²) in [6, 6.07) is 0.667. The van der Waals surface area contributed by atoms with Crippen LogP contribution in [-0.4, -0.2) is 24.6 Å². The predicted molar refractivity (Wildman–Crippen MR) is 57.8 cm³/mol. The van der Waals surface area contributed by atoms with Crippen molar-refractivity contribution in [1.29, 1.82) is 0 Å². The van der Waals surface area contributed by atoms with Crippen molar-refractivity contribution in [2.24, 2.45) is 0 Å². The van der Waals surface area contributed by atoms with Gasteiger partial charge in [0.15, 0.2) is 0 Å². The van der Waals surface area contributed by atoms with Gasteiger partial charge in [-0.3, -0.25) is 0 Å². The Labute approximate surface area is 80.0 Å². The van der Waals surface area contributed by atoms with Crippen LogP contribution in [0.2, 0.25) is 0 Å². The molecule has 1 unspecified atom stereocenters. The zero-order chi connectivity index (χ0) is 8.65. The van der Waals surface area contributed by atoms with Crippen LogP contribution in [0.3, 0.4) is 0 Å². The maximum Gasteiger partial charge on any atom is 0.0250 e. The van der Waals surface area contributed by atoms with E-state index in [1.54, 1.807) is 0 Å². The Morgan fingerprint density at radius 1 is 1.58 bits per heavy atom. The highest BCUT2D eigenvalue weighted by Gasteiger charge is 2.05. The molecular formula is C10H19NS. The van der Waals surface area contributed by atoms with Gasteiger partial charge in [0.25, 0.3) is 0 Å². The summed E-state index contributed by atoms with van der Waals surface area (Å²) in [5.74, 6) is 1.28. The Hall–Kier alpha value is 0.0500. The van der Waals surface area contributed by atoms with Gasteiger partial charge in [0.05, 0.1) is 0 Å². The third-order valence-electron chi connectivity index (χ3n) is 2.19. The van der Waals surface area contributed by atoms with E-state index in [2.05, 4.69) is 23.7 Å². The van der Waals surface area contributed by atoms with Crippen molar-refractivity contribution in [2.75, 3.05) is 18.6 Å². The summed E-state index contributed by atoms with van der Waals surface area (Å²) in [5, 5.41) is 3.56. The quantitative estimate of drug-likeness (QED) is 0.521. The Kier molecular flexibility index (Phi) is 5.53. The molecule has 0 bridgehead atoms. The normalized spacial score (nSPS) is 22.9. The standard InChI is InChI=1S/C10H19NS/c1-12-9-5-8-11-10-6-3-2-4-7-10/h3,6,10-11H,2,4-5,7-9H2,1H3. The second-order valence-corrected chi connectivity index (χ2v) is 4.25. The van der Waals surface area contributed by atoms with E-state index < -0.39 is 0 Å². The van der Waals surface area contributed by atoms with Crippen LogP contribution in [0.4, 0.5) is 0 Å². The number of rotatable bonds is 5. The highest BCUT2D eigenvalue weighted by Crippen LogP contribution is 2.09. The van der Waals surface area contributed by atoms with Gasteiger partial charge < -0.3 is 5.32 Å². The van der Waals surface area contributed by atoms with Crippen molar-refractivity contribution in [2.45, 2.75) is 31.7 Å². The third kappa shape index (κ3) is 4.17. The fourth-order valence-electron chi connectivity index (χ4n) is 1.49. The summed E-state index contributed by atoms with van der Waals surface area (Å²) < 4.78 is 0. The fourth-order valence-corrected chi connectivity index (χ4v) is 1.92. The van der Waals surface area contributed by atoms with Crippen molar-refractivity contribution in [3.8, 4) is 0 Å². The number of hydrogen-bond donors (Lipinski definition) is 1. The first kappa shape index (κ1) is 10.1. The summed E-state index contributed by atoms with van der Waals surface area (Å²) in [5.41, 5.74) is 0. The first-order valence-electron chi connectivity index (χ1n) is 4.82. The maximum atomic E-state index is 3.56. The molecule has 1 atom stereocenters. The molecule has 0 saturated carbocycles. The van der Waals surface area contributed by atoms with Crippen molar-refractivity contribution in [1.82, 2.24) is 5.32 Å². The van der Waals surface area contributed by atoms with E-state index in [4.69, 9.17) is 0 Å². The Morgan fingerprint density at radius 3 is 3.17 bits per heavy atom. The molecule has 0 spiro atoms. The molecule has 0 amide bonds. The Morgan fingerprint density at radius 2 is 2.50 bits per heavy atom. The molecule has 2 heteroatoms. The van der Waals surface area contributed by atoms with Crippen LogP contribution in [-0.2, 0) is 0 Å². The summed E-state index contributed by atoms with van der Waals surface area (Å²) in [6.07, 6.45) is 12.1. The molecule has 0 aromatic heterocycles. The molecule has 0 aromatic carbocycles. The number of thioether (sulfide) groups is 1. The average molecular weight is 185 g/mol. The van der Waals surface area contributed by atoms with Crippen LogP contribution in [0.5, 0.6) is 0 Å². The second-order valence-electron chi connectivity index (χ2n) is 3.27. The lowest BCUT2D eigenvalue weighted by molar-refractivity contribution is 0.523. The molecule has 1 rings (SSSR count). The lowest BCUT2D eigenvalue weighted by Gasteiger charge is -2.17. The van der Waals surface area contributed by atoms with Crippen LogP contribution in [0.1, 0.15) is 25.7 Å². The first-order valence-corrected chi connectivity index (χ1v) is 6.22. The lowest BCUT2D eigenvalue weighted by atomic mass is 10.0. The van der Waals surface area contributed by atoms with Crippen LogP contribution >= 0.6 is 11.8 Å². The highest BCUT2D eigenvalue weighted by atomic mass is 32.2. The molecular weight excluding hydrogens is 166 g/mol. The van der Waals surface area contributed by atoms with Gasteiger partial charge in [0.1, 0.15) is 0 Å². The minimum absolute atomic E-state index is 0.667. The molecule has 0 aromatic rings. The van der Waals surface area contributed by atoms with Crippen molar-refractivity contribution in [3.63, 3.8) is 0 Å². The number of nitrogens with one attached hydrogen (secondary N) is 1. The van der Waals surface area contributed by atoms with Crippen molar-refractivity contribution >= 4 is 11.8 Å². The maximum absolute atomic E-state index is 3.56. The fraction of sp³-hybridized carbons (Fsp3) is 0.800. The summed E-state index contributed by atoms with van der Waals surface area (Å²) in [4.78, 5) is 0. The zero-order valence-corrected chi connectivity index (χ0v) is 8.70. The lowest BCUT2D eigenvalue weighted by Crippen LogP contribution is -2.29. The minimum atomic E-state index is 0.667. The molecule has 12 heavy (non-hydrogen) atoms. The molecule has 0 heterocycles. The van der Waals surface area contributed by atoms with E-state index in [9.17, 15) is 0 Å². The minimum Gasteiger partial charge on any atom is -0.310 e. The largest absolute Gasteiger partial charge is 0.310 e. The first-order chi connectivity index (χ1) is 5.93. The SMILES string of the molecule is CSCCCNC1C=CCCC1. The summed E-state index contributed by atoms with van der Waals surface area (Å²) >= 11 is 1.93. The topological polar surface area (TPSA) is 12.0 Å². The molecule has 0 fully saturated rings. The van der Waals surface area contributed by atoms with E-state index in [0.29, 0.717) is 6.04 Å². The molecule has 0 saturated heterocycles. The van der Waals surface area contributed by atoms with E-state index >= 15 is 0 Å². The van der Waals surface area contributed by atoms with E-state index in [1.807, 2.05) is 11.8 Å². The Balaban J connectivity index is 1.98. The van der Waals surface area contributed by atoms with Gasteiger partial charge in [-0.2, -0.15) is 11.8 Å².